The van der Waals surface area contributed by atoms with Crippen LogP contribution in [0, 0.1) is 28.4 Å². The fourth-order valence-corrected chi connectivity index (χ4v) is 10.9. The molecule has 2 saturated carbocycles. The van der Waals surface area contributed by atoms with E-state index in [2.05, 4.69) is 88.5 Å². The zero-order chi connectivity index (χ0) is 56.5. The average Bonchev–Trinajstić information content (AvgIpc) is 4.06. The molecule has 0 radical (unpaired) electrons. The number of aliphatic hydroxyl groups is 1. The van der Waals surface area contributed by atoms with Gasteiger partial charge in [-0.15, -0.1) is 0 Å². The highest BCUT2D eigenvalue weighted by molar-refractivity contribution is 9.10. The largest absolute Gasteiger partial charge is 0.446 e. The van der Waals surface area contributed by atoms with Gasteiger partial charge in [-0.25, -0.2) is 51.1 Å². The van der Waals surface area contributed by atoms with E-state index in [0.717, 1.165) is 36.6 Å². The van der Waals surface area contributed by atoms with Crippen LogP contribution in [0.3, 0.4) is 0 Å². The van der Waals surface area contributed by atoms with E-state index in [9.17, 15) is 40.0 Å². The van der Waals surface area contributed by atoms with E-state index in [-0.39, 0.29) is 62.3 Å². The van der Waals surface area contributed by atoms with Crippen molar-refractivity contribution in [1.29, 1.82) is 0 Å². The van der Waals surface area contributed by atoms with E-state index in [1.165, 1.54) is 45.3 Å². The minimum Gasteiger partial charge on any atom is -0.443 e. The number of isocyanates is 1. The Hall–Kier alpha value is -6.06. The molecular formula is C43H48Br2ClF2N13O14S2. The molecule has 4 aliphatic rings. The third-order valence-corrected chi connectivity index (χ3v) is 14.8. The number of halogens is 5. The molecule has 4 aromatic heterocycles. The number of amides is 1. The summed E-state index contributed by atoms with van der Waals surface area (Å²) >= 11 is 6.21. The van der Waals surface area contributed by atoms with Gasteiger partial charge in [0.15, 0.2) is 11.4 Å². The molecule has 4 N–H and O–H groups in total. The summed E-state index contributed by atoms with van der Waals surface area (Å²) in [5.41, 5.74) is 0.699. The van der Waals surface area contributed by atoms with Gasteiger partial charge in [0.25, 0.3) is 6.08 Å². The highest BCUT2D eigenvalue weighted by atomic mass is 79.9. The van der Waals surface area contributed by atoms with Gasteiger partial charge in [0, 0.05) is 48.3 Å². The zero-order valence-corrected chi connectivity index (χ0v) is 47.0. The van der Waals surface area contributed by atoms with Gasteiger partial charge in [0.1, 0.15) is 22.9 Å². The second kappa shape index (κ2) is 22.7. The average molecular weight is 1270 g/mol. The van der Waals surface area contributed by atoms with Gasteiger partial charge in [0.05, 0.1) is 25.9 Å². The van der Waals surface area contributed by atoms with Gasteiger partial charge in [-0.2, -0.15) is 21.1 Å². The number of carbonyl (C=O) groups is 1. The first-order chi connectivity index (χ1) is 35.9. The van der Waals surface area contributed by atoms with E-state index in [0.29, 0.717) is 47.7 Å². The number of hydrogen-bond donors (Lipinski definition) is 4. The highest BCUT2D eigenvalue weighted by Gasteiger charge is 2.56. The summed E-state index contributed by atoms with van der Waals surface area (Å²) in [6, 6.07) is 8.07. The van der Waals surface area contributed by atoms with Gasteiger partial charge in [-0.1, -0.05) is 19.9 Å². The number of carbonyl (C=O) groups excluding carboxylic acids is 2. The van der Waals surface area contributed by atoms with Crippen LogP contribution in [0.5, 0.6) is 0 Å². The summed E-state index contributed by atoms with van der Waals surface area (Å²) < 4.78 is 104. The Morgan fingerprint density at radius 3 is 1.81 bits per heavy atom. The number of hydrogen-bond acceptors (Lipinski definition) is 22. The predicted octanol–water partition coefficient (Wildman–Crippen LogP) is 5.33. The molecule has 2 spiro atoms. The van der Waals surface area contributed by atoms with E-state index < -0.39 is 59.9 Å². The first kappa shape index (κ1) is 58.6. The Kier molecular flexibility index (Phi) is 17.3. The molecule has 2 aliphatic heterocycles. The Labute approximate surface area is 457 Å². The monoisotopic (exact) mass is 1270 g/mol. The van der Waals surface area contributed by atoms with Crippen molar-refractivity contribution in [3.8, 4) is 34.4 Å². The van der Waals surface area contributed by atoms with Crippen LogP contribution in [0.15, 0.2) is 77.6 Å². The van der Waals surface area contributed by atoms with E-state index >= 15 is 0 Å². The summed E-state index contributed by atoms with van der Waals surface area (Å²) in [6.07, 6.45) is 3.96. The van der Waals surface area contributed by atoms with Crippen LogP contribution >= 0.6 is 42.5 Å². The molecule has 0 atom stereocenters. The molecule has 10 rings (SSSR count). The molecule has 4 fully saturated rings. The molecule has 34 heteroatoms. The summed E-state index contributed by atoms with van der Waals surface area (Å²) in [6.45, 7) is 12.8. The van der Waals surface area contributed by atoms with Crippen LogP contribution in [0.4, 0.5) is 19.4 Å². The maximum absolute atomic E-state index is 13.7. The Morgan fingerprint density at radius 1 is 0.844 bits per heavy atom. The summed E-state index contributed by atoms with van der Waals surface area (Å²) in [4.78, 5) is 45.5. The summed E-state index contributed by atoms with van der Waals surface area (Å²) in [5, 5.41) is 38.3. The molecule has 0 unspecified atom stereocenters. The number of benzene rings is 2. The van der Waals surface area contributed by atoms with Gasteiger partial charge < -0.3 is 20.5 Å². The number of ether oxygens (including phenoxy) is 1. The van der Waals surface area contributed by atoms with Crippen LogP contribution < -0.4 is 26.9 Å². The molecule has 2 aromatic carbocycles. The van der Waals surface area contributed by atoms with E-state index in [4.69, 9.17) is 32.9 Å². The van der Waals surface area contributed by atoms with Crippen molar-refractivity contribution >= 4 is 80.0 Å². The van der Waals surface area contributed by atoms with Crippen molar-refractivity contribution < 1.29 is 63.4 Å². The van der Waals surface area contributed by atoms with Crippen molar-refractivity contribution in [3.05, 3.63) is 83.8 Å². The van der Waals surface area contributed by atoms with Gasteiger partial charge >= 0.3 is 37.1 Å². The summed E-state index contributed by atoms with van der Waals surface area (Å²) in [5.74, 6) is -1.54. The SMILES string of the molecule is CC(C)(C)O.CC(C)(C)OC(=O)NS(=O)(=O)N1CC2(CC(Nc3nonc3-c3noc(=O)n3-c3ccc(F)c(Br)c3)C2)C1.O=C=NS(=O)(=O)Cl.O=c1onc(-c2nonc2CC2CC3(CNC3)C2)n1-c1ccc(F)c(Br)c1. The molecule has 27 nitrogen and oxygen atoms in total. The Bertz CT molecular complexity index is 3520. The molecule has 77 heavy (non-hydrogen) atoms. The molecule has 1 amide bonds. The van der Waals surface area contributed by atoms with E-state index in [1.807, 2.05) is 4.72 Å². The molecular weight excluding hydrogens is 1220 g/mol. The first-order valence-electron chi connectivity index (χ1n) is 22.8. The lowest BCUT2D eigenvalue weighted by atomic mass is 9.57. The number of nitrogens with one attached hydrogen (secondary N) is 3. The predicted molar refractivity (Wildman–Crippen MR) is 272 cm³/mol. The minimum atomic E-state index is -4.01. The van der Waals surface area contributed by atoms with Crippen LogP contribution in [0.1, 0.15) is 72.9 Å². The first-order valence-corrected chi connectivity index (χ1v) is 28.1. The quantitative estimate of drug-likeness (QED) is 0.0723. The lowest BCUT2D eigenvalue weighted by Crippen LogP contribution is -2.67. The number of aromatic nitrogens is 8. The van der Waals surface area contributed by atoms with Crippen molar-refractivity contribution in [2.24, 2.45) is 21.1 Å². The molecule has 2 aliphatic carbocycles. The molecule has 6 heterocycles. The fourth-order valence-electron chi connectivity index (χ4n) is 8.72. The number of nitrogens with zero attached hydrogens (tertiary/aromatic N) is 10. The second-order valence-corrected chi connectivity index (χ2v) is 26.0. The van der Waals surface area contributed by atoms with E-state index in [1.54, 1.807) is 41.5 Å². The normalized spacial score (nSPS) is 17.5. The van der Waals surface area contributed by atoms with Gasteiger partial charge in [-0.05, 0) is 169 Å². The third-order valence-electron chi connectivity index (χ3n) is 11.7. The van der Waals surface area contributed by atoms with Crippen LogP contribution in [0.25, 0.3) is 34.4 Å². The van der Waals surface area contributed by atoms with Crippen molar-refractivity contribution in [2.75, 3.05) is 31.5 Å². The van der Waals surface area contributed by atoms with Gasteiger partial charge in [0.2, 0.25) is 17.5 Å². The van der Waals surface area contributed by atoms with Crippen molar-refractivity contribution in [2.45, 2.75) is 90.9 Å². The smallest absolute Gasteiger partial charge is 0.443 e. The fraction of sp³-hybridized carbons (Fsp3) is 0.488. The minimum absolute atomic E-state index is 0.000393. The Morgan fingerprint density at radius 2 is 1.35 bits per heavy atom. The lowest BCUT2D eigenvalue weighted by Gasteiger charge is -2.57. The Balaban J connectivity index is 0.000000191. The maximum atomic E-state index is 13.7. The van der Waals surface area contributed by atoms with Gasteiger partial charge in [-0.3, -0.25) is 9.05 Å². The topological polar surface area (TPSA) is 357 Å². The maximum Gasteiger partial charge on any atom is 0.446 e. The lowest BCUT2D eigenvalue weighted by molar-refractivity contribution is -0.0184. The zero-order valence-electron chi connectivity index (χ0n) is 41.4. The molecule has 6 aromatic rings. The third kappa shape index (κ3) is 14.8. The van der Waals surface area contributed by atoms with Crippen LogP contribution in [0.2, 0.25) is 0 Å². The summed E-state index contributed by atoms with van der Waals surface area (Å²) in [7, 11) is -3.64. The second-order valence-electron chi connectivity index (χ2n) is 20.4. The number of rotatable bonds is 11. The van der Waals surface area contributed by atoms with Crippen LogP contribution in [-0.2, 0) is 35.4 Å². The molecule has 0 bridgehead atoms. The molecule has 2 saturated heterocycles. The van der Waals surface area contributed by atoms with Crippen LogP contribution in [-0.4, -0.2) is 122 Å². The number of anilines is 1. The molecule has 416 valence electrons. The van der Waals surface area contributed by atoms with Crippen molar-refractivity contribution in [1.82, 2.24) is 54.4 Å². The standard InChI is InChI=1S/C21H23BrFN7O7S.C17H15BrFN5O3.C4H10O.CClNO3S/c1-20(2,3)35-18(31)28-38(33,34)29-9-21(10-29)7-11(8-21)24-16-15(25-37-26-16)17-27-36-19(32)30(17)12-4-5-14(23)13(22)6-12;18-11-4-10(1-2-12(11)19)24-15(23-26-16(24)25)14-13(21-27-22-14)3-9-5-17(6-9)7-20-8-17;1-4(2,3)5;2-7(5,6)3-1-4/h4-6,11H,7-10H2,1-3H3,(H,24,26)(H,28,31);1-2,4,9,20H,3,5-8H2;5H,1-3H3;. The highest BCUT2D eigenvalue weighted by Crippen LogP contribution is 2.51. The van der Waals surface area contributed by atoms with Crippen molar-refractivity contribution in [3.63, 3.8) is 0 Å².